The summed E-state index contributed by atoms with van der Waals surface area (Å²) < 4.78 is 37.3. The highest BCUT2D eigenvalue weighted by Gasteiger charge is 2.37. The van der Waals surface area contributed by atoms with Gasteiger partial charge >= 0.3 is 35.8 Å². The van der Waals surface area contributed by atoms with Crippen LogP contribution in [0.2, 0.25) is 0 Å². The molecule has 3 atom stereocenters. The van der Waals surface area contributed by atoms with Gasteiger partial charge in [-0.15, -0.1) is 0 Å². The van der Waals surface area contributed by atoms with Crippen LogP contribution in [-0.2, 0) is 18.9 Å². The first-order valence-corrected chi connectivity index (χ1v) is 21.1. The lowest BCUT2D eigenvalue weighted by atomic mass is 10.0. The van der Waals surface area contributed by atoms with E-state index in [0.29, 0.717) is 60.7 Å². The molecule has 1 aliphatic heterocycles. The third-order valence-electron chi connectivity index (χ3n) is 10.6. The van der Waals surface area contributed by atoms with Crippen molar-refractivity contribution in [2.75, 3.05) is 6.61 Å². The Morgan fingerprint density at radius 1 is 0.355 bits per heavy atom. The number of ether oxygens (including phenoxy) is 7. The van der Waals surface area contributed by atoms with Gasteiger partial charge in [-0.1, -0.05) is 0 Å². The van der Waals surface area contributed by atoms with Gasteiger partial charge < -0.3 is 110 Å². The third kappa shape index (κ3) is 11.4. The molecule has 1 saturated heterocycles. The van der Waals surface area contributed by atoms with E-state index in [1.807, 2.05) is 0 Å². The van der Waals surface area contributed by atoms with Crippen molar-refractivity contribution in [1.82, 2.24) is 0 Å². The second-order valence-electron chi connectivity index (χ2n) is 16.0. The van der Waals surface area contributed by atoms with E-state index in [-0.39, 0.29) is 0 Å². The first-order chi connectivity index (χ1) is 35.8. The van der Waals surface area contributed by atoms with Gasteiger partial charge in [0.15, 0.2) is 86.2 Å². The Labute approximate surface area is 421 Å². The molecule has 1 aliphatic rings. The minimum Gasteiger partial charge on any atom is -0.504 e. The highest BCUT2D eigenvalue weighted by atomic mass is 16.7. The summed E-state index contributed by atoms with van der Waals surface area (Å²) in [7, 11) is 0. The van der Waals surface area contributed by atoms with Gasteiger partial charge in [-0.05, 0) is 72.8 Å². The van der Waals surface area contributed by atoms with Crippen molar-refractivity contribution in [3.63, 3.8) is 0 Å². The van der Waals surface area contributed by atoms with Gasteiger partial charge in [0.25, 0.3) is 0 Å². The standard InChI is InChI=1S/C48H36O28/c49-24-1-16(2-25(50)37(24)58)45(66)73-33-10-19(7-30(55)40(33)61)43(64)70-15-23-13-22(72-44(65)20-8-31(56)41(62)34(11-20)74-46(67)17-3-26(51)38(59)27(52)4-17)14-36(71-23)76-48(69)21-9-32(57)42(63)35(12-21)75-47(68)18-5-28(53)39(60)29(54)6-18/h1-12,22-23,36,49-63H,13-15H2/t22-,23-,36?/m0/s1. The number of carbonyl (C=O) groups excluding carboxylic acids is 6. The second kappa shape index (κ2) is 21.1. The van der Waals surface area contributed by atoms with Gasteiger partial charge in [0.2, 0.25) is 23.5 Å². The molecule has 1 unspecified atom stereocenters. The van der Waals surface area contributed by atoms with Crippen molar-refractivity contribution in [3.05, 3.63) is 106 Å². The van der Waals surface area contributed by atoms with Gasteiger partial charge in [0.1, 0.15) is 12.7 Å². The fourth-order valence-corrected chi connectivity index (χ4v) is 6.88. The summed E-state index contributed by atoms with van der Waals surface area (Å²) in [6.45, 7) is -0.825. The van der Waals surface area contributed by atoms with Crippen LogP contribution >= 0.6 is 0 Å². The average Bonchev–Trinajstić information content (AvgIpc) is 3.36. The molecule has 0 spiro atoms. The van der Waals surface area contributed by atoms with Gasteiger partial charge in [-0.3, -0.25) is 0 Å². The monoisotopic (exact) mass is 1060 g/mol. The van der Waals surface area contributed by atoms with Gasteiger partial charge in [-0.2, -0.15) is 0 Å². The van der Waals surface area contributed by atoms with E-state index in [1.54, 1.807) is 0 Å². The molecular formula is C48H36O28. The molecule has 0 radical (unpaired) electrons. The quantitative estimate of drug-likeness (QED) is 0.0339. The van der Waals surface area contributed by atoms with E-state index >= 15 is 0 Å². The molecule has 0 bridgehead atoms. The van der Waals surface area contributed by atoms with Crippen molar-refractivity contribution in [3.8, 4) is 103 Å². The smallest absolute Gasteiger partial charge is 0.343 e. The Bertz CT molecular complexity index is 3160. The van der Waals surface area contributed by atoms with Crippen LogP contribution < -0.4 is 14.2 Å². The Kier molecular flexibility index (Phi) is 14.7. The number of benzene rings is 6. The number of phenolic OH excluding ortho intramolecular Hbond substituents is 15. The summed E-state index contributed by atoms with van der Waals surface area (Å²) in [6, 6.07) is 8.21. The normalized spacial score (nSPS) is 14.9. The van der Waals surface area contributed by atoms with Crippen molar-refractivity contribution in [2.45, 2.75) is 31.3 Å². The van der Waals surface area contributed by atoms with E-state index < -0.39 is 211 Å². The maximum absolute atomic E-state index is 13.6. The average molecular weight is 1060 g/mol. The van der Waals surface area contributed by atoms with Crippen LogP contribution in [0, 0.1) is 0 Å². The number of esters is 6. The van der Waals surface area contributed by atoms with E-state index in [0.717, 1.165) is 12.1 Å². The van der Waals surface area contributed by atoms with Crippen molar-refractivity contribution < 1.29 is 139 Å². The number of hydrogen-bond acceptors (Lipinski definition) is 28. The first-order valence-electron chi connectivity index (χ1n) is 21.1. The lowest BCUT2D eigenvalue weighted by molar-refractivity contribution is -0.198. The number of hydrogen-bond donors (Lipinski definition) is 15. The molecule has 28 nitrogen and oxygen atoms in total. The predicted molar refractivity (Wildman–Crippen MR) is 241 cm³/mol. The minimum atomic E-state index is -1.81. The Balaban J connectivity index is 1.12. The van der Waals surface area contributed by atoms with Crippen LogP contribution in [0.3, 0.4) is 0 Å². The second-order valence-corrected chi connectivity index (χ2v) is 16.0. The molecule has 7 rings (SSSR count). The first kappa shape index (κ1) is 52.9. The van der Waals surface area contributed by atoms with E-state index in [2.05, 4.69) is 0 Å². The van der Waals surface area contributed by atoms with Crippen LogP contribution in [0.4, 0.5) is 0 Å². The zero-order chi connectivity index (χ0) is 55.6. The largest absolute Gasteiger partial charge is 0.504 e. The zero-order valence-electron chi connectivity index (χ0n) is 37.8. The van der Waals surface area contributed by atoms with Crippen molar-refractivity contribution in [1.29, 1.82) is 0 Å². The highest BCUT2D eigenvalue weighted by Crippen LogP contribution is 2.43. The molecule has 1 heterocycles. The summed E-state index contributed by atoms with van der Waals surface area (Å²) in [5.41, 5.74) is -3.59. The fourth-order valence-electron chi connectivity index (χ4n) is 6.88. The molecule has 6 aromatic rings. The third-order valence-corrected chi connectivity index (χ3v) is 10.6. The minimum absolute atomic E-state index is 0.425. The van der Waals surface area contributed by atoms with Gasteiger partial charge in [0.05, 0.1) is 39.5 Å². The van der Waals surface area contributed by atoms with Crippen LogP contribution in [-0.4, -0.2) is 138 Å². The fraction of sp³-hybridized carbons (Fsp3) is 0.125. The Morgan fingerprint density at radius 2 is 0.632 bits per heavy atom. The van der Waals surface area contributed by atoms with Crippen LogP contribution in [0.15, 0.2) is 72.8 Å². The van der Waals surface area contributed by atoms with Crippen LogP contribution in [0.25, 0.3) is 0 Å². The van der Waals surface area contributed by atoms with E-state index in [9.17, 15) is 105 Å². The summed E-state index contributed by atoms with van der Waals surface area (Å²) in [4.78, 5) is 79.1. The summed E-state index contributed by atoms with van der Waals surface area (Å²) >= 11 is 0. The van der Waals surface area contributed by atoms with Gasteiger partial charge in [0, 0.05) is 12.8 Å². The number of phenols is 15. The predicted octanol–water partition coefficient (Wildman–Crippen LogP) is 3.67. The number of aromatic hydroxyl groups is 15. The summed E-state index contributed by atoms with van der Waals surface area (Å²) in [6.07, 6.45) is -5.67. The molecule has 0 saturated carbocycles. The Morgan fingerprint density at radius 3 is 0.961 bits per heavy atom. The maximum Gasteiger partial charge on any atom is 0.343 e. The SMILES string of the molecule is O=C(OC[C@@H]1C[C@H](OC(=O)c2cc(O)c(O)c(OC(=O)c3cc(O)c(O)c(O)c3)c2)CC(OC(=O)c2cc(O)c(O)c(OC(=O)c3cc(O)c(O)c(O)c3)c2)O1)c1cc(O)c(O)c(OC(=O)c2cc(O)c(O)c(O)c2)c1. The molecule has 0 aliphatic carbocycles. The van der Waals surface area contributed by atoms with E-state index in [4.69, 9.17) is 33.2 Å². The zero-order valence-corrected chi connectivity index (χ0v) is 37.8. The molecule has 28 heteroatoms. The number of carbonyl (C=O) groups is 6. The summed E-state index contributed by atoms with van der Waals surface area (Å²) in [5.74, 6) is -25.8. The maximum atomic E-state index is 13.6. The van der Waals surface area contributed by atoms with Crippen molar-refractivity contribution >= 4 is 35.8 Å². The lowest BCUT2D eigenvalue weighted by Gasteiger charge is -2.34. The van der Waals surface area contributed by atoms with E-state index in [1.165, 1.54) is 0 Å². The molecule has 6 aromatic carbocycles. The molecule has 396 valence electrons. The summed E-state index contributed by atoms with van der Waals surface area (Å²) in [5, 5.41) is 150. The molecule has 1 fully saturated rings. The van der Waals surface area contributed by atoms with Crippen LogP contribution in [0.1, 0.15) is 75.0 Å². The molecule has 15 N–H and O–H groups in total. The molecule has 0 aromatic heterocycles. The van der Waals surface area contributed by atoms with Crippen LogP contribution in [0.5, 0.6) is 103 Å². The molecular weight excluding hydrogens is 1020 g/mol. The Hall–Kier alpha value is -10.9. The topological polar surface area (TPSA) is 470 Å². The lowest BCUT2D eigenvalue weighted by Crippen LogP contribution is -2.42. The highest BCUT2D eigenvalue weighted by molar-refractivity contribution is 5.97. The van der Waals surface area contributed by atoms with Gasteiger partial charge in [-0.25, -0.2) is 28.8 Å². The number of rotatable bonds is 13. The molecule has 76 heavy (non-hydrogen) atoms. The molecule has 0 amide bonds. The van der Waals surface area contributed by atoms with Crippen molar-refractivity contribution in [2.24, 2.45) is 0 Å².